The van der Waals surface area contributed by atoms with Crippen LogP contribution in [0.2, 0.25) is 0 Å². The monoisotopic (exact) mass is 366 g/mol. The summed E-state index contributed by atoms with van der Waals surface area (Å²) in [6.45, 7) is 1.92. The number of nitrogens with zero attached hydrogens (tertiary/aromatic N) is 2. The molecule has 0 aliphatic carbocycles. The van der Waals surface area contributed by atoms with E-state index in [0.717, 1.165) is 43.7 Å². The van der Waals surface area contributed by atoms with E-state index in [1.165, 1.54) is 5.56 Å². The Balaban J connectivity index is 1.64. The summed E-state index contributed by atoms with van der Waals surface area (Å²) in [5, 5.41) is 0. The van der Waals surface area contributed by atoms with Gasteiger partial charge in [-0.05, 0) is 61.5 Å². The third-order valence-corrected chi connectivity index (χ3v) is 5.49. The molecule has 2 aromatic carbocycles. The SMILES string of the molecule is COc1ccc(CC2CCN(C(C(=O)N(C)C)c3ccccc3)CC2)cc1. The van der Waals surface area contributed by atoms with Crippen molar-refractivity contribution in [3.63, 3.8) is 0 Å². The molecule has 0 bridgehead atoms. The van der Waals surface area contributed by atoms with Gasteiger partial charge in [-0.15, -0.1) is 0 Å². The Morgan fingerprint density at radius 3 is 2.26 bits per heavy atom. The second kappa shape index (κ2) is 9.05. The van der Waals surface area contributed by atoms with Crippen LogP contribution < -0.4 is 4.74 Å². The van der Waals surface area contributed by atoms with Crippen molar-refractivity contribution in [3.05, 3.63) is 65.7 Å². The minimum atomic E-state index is -0.178. The third kappa shape index (κ3) is 4.89. The van der Waals surface area contributed by atoms with Crippen molar-refractivity contribution in [2.24, 2.45) is 5.92 Å². The first-order valence-corrected chi connectivity index (χ1v) is 9.71. The molecule has 1 aliphatic rings. The second-order valence-electron chi connectivity index (χ2n) is 7.58. The highest BCUT2D eigenvalue weighted by molar-refractivity contribution is 5.82. The second-order valence-corrected chi connectivity index (χ2v) is 7.58. The lowest BCUT2D eigenvalue weighted by molar-refractivity contribution is -0.135. The molecular formula is C23H30N2O2. The molecule has 2 aromatic rings. The van der Waals surface area contributed by atoms with Gasteiger partial charge in [0.25, 0.3) is 0 Å². The molecule has 1 heterocycles. The third-order valence-electron chi connectivity index (χ3n) is 5.49. The van der Waals surface area contributed by atoms with Crippen molar-refractivity contribution < 1.29 is 9.53 Å². The van der Waals surface area contributed by atoms with Crippen molar-refractivity contribution in [2.75, 3.05) is 34.3 Å². The van der Waals surface area contributed by atoms with E-state index in [1.54, 1.807) is 12.0 Å². The van der Waals surface area contributed by atoms with E-state index in [9.17, 15) is 4.79 Å². The molecule has 4 heteroatoms. The molecule has 1 amide bonds. The molecule has 0 spiro atoms. The number of methoxy groups -OCH3 is 1. The van der Waals surface area contributed by atoms with Crippen LogP contribution in [0.5, 0.6) is 5.75 Å². The quantitative estimate of drug-likeness (QED) is 0.780. The fraction of sp³-hybridized carbons (Fsp3) is 0.435. The Hall–Kier alpha value is -2.33. The zero-order valence-corrected chi connectivity index (χ0v) is 16.6. The lowest BCUT2D eigenvalue weighted by atomic mass is 9.88. The molecule has 0 aromatic heterocycles. The highest BCUT2D eigenvalue weighted by Crippen LogP contribution is 2.30. The van der Waals surface area contributed by atoms with Crippen LogP contribution in [0.1, 0.15) is 30.0 Å². The lowest BCUT2D eigenvalue weighted by Crippen LogP contribution is -2.44. The smallest absolute Gasteiger partial charge is 0.244 e. The summed E-state index contributed by atoms with van der Waals surface area (Å²) < 4.78 is 5.24. The molecule has 1 atom stereocenters. The molecule has 1 aliphatic heterocycles. The number of likely N-dealkylation sites (tertiary alicyclic amines) is 1. The summed E-state index contributed by atoms with van der Waals surface area (Å²) in [7, 11) is 5.38. The number of carbonyl (C=O) groups excluding carboxylic acids is 1. The van der Waals surface area contributed by atoms with E-state index < -0.39 is 0 Å². The molecule has 3 rings (SSSR count). The van der Waals surface area contributed by atoms with Gasteiger partial charge in [0, 0.05) is 14.1 Å². The zero-order valence-electron chi connectivity index (χ0n) is 16.6. The van der Waals surface area contributed by atoms with E-state index in [0.29, 0.717) is 5.92 Å². The Kier molecular flexibility index (Phi) is 6.51. The molecule has 0 saturated carbocycles. The number of hydrogen-bond donors (Lipinski definition) is 0. The number of likely N-dealkylation sites (N-methyl/N-ethyl adjacent to an activating group) is 1. The number of rotatable bonds is 6. The fourth-order valence-electron chi connectivity index (χ4n) is 3.90. The summed E-state index contributed by atoms with van der Waals surface area (Å²) in [6, 6.07) is 18.4. The van der Waals surface area contributed by atoms with Crippen molar-refractivity contribution in [1.82, 2.24) is 9.80 Å². The van der Waals surface area contributed by atoms with E-state index >= 15 is 0 Å². The average Bonchev–Trinajstić information content (AvgIpc) is 2.71. The molecule has 1 saturated heterocycles. The summed E-state index contributed by atoms with van der Waals surface area (Å²) in [5.41, 5.74) is 2.45. The Labute approximate surface area is 162 Å². The summed E-state index contributed by atoms with van der Waals surface area (Å²) in [4.78, 5) is 16.9. The van der Waals surface area contributed by atoms with Gasteiger partial charge in [0.2, 0.25) is 5.91 Å². The number of benzene rings is 2. The maximum atomic E-state index is 12.8. The lowest BCUT2D eigenvalue weighted by Gasteiger charge is -2.38. The molecule has 27 heavy (non-hydrogen) atoms. The van der Waals surface area contributed by atoms with E-state index in [2.05, 4.69) is 29.2 Å². The van der Waals surface area contributed by atoms with Crippen LogP contribution >= 0.6 is 0 Å². The maximum absolute atomic E-state index is 12.8. The Bertz CT molecular complexity index is 720. The van der Waals surface area contributed by atoms with Gasteiger partial charge in [0.1, 0.15) is 11.8 Å². The number of hydrogen-bond acceptors (Lipinski definition) is 3. The van der Waals surface area contributed by atoms with Crippen LogP contribution in [0.3, 0.4) is 0 Å². The first kappa shape index (κ1) is 19.4. The van der Waals surface area contributed by atoms with E-state index in [-0.39, 0.29) is 11.9 Å². The largest absolute Gasteiger partial charge is 0.497 e. The van der Waals surface area contributed by atoms with E-state index in [1.807, 2.05) is 44.4 Å². The summed E-state index contributed by atoms with van der Waals surface area (Å²) in [5.74, 6) is 1.73. The van der Waals surface area contributed by atoms with Crippen LogP contribution in [0.15, 0.2) is 54.6 Å². The van der Waals surface area contributed by atoms with Crippen LogP contribution in [-0.4, -0.2) is 50.0 Å². The molecule has 4 nitrogen and oxygen atoms in total. The summed E-state index contributed by atoms with van der Waals surface area (Å²) >= 11 is 0. The summed E-state index contributed by atoms with van der Waals surface area (Å²) in [6.07, 6.45) is 3.33. The predicted octanol–water partition coefficient (Wildman–Crippen LogP) is 3.78. The maximum Gasteiger partial charge on any atom is 0.244 e. The standard InChI is InChI=1S/C23H30N2O2/c1-24(2)23(26)22(20-7-5-4-6-8-20)25-15-13-19(14-16-25)17-18-9-11-21(27-3)12-10-18/h4-12,19,22H,13-17H2,1-3H3. The number of ether oxygens (including phenoxy) is 1. The predicted molar refractivity (Wildman–Crippen MR) is 109 cm³/mol. The van der Waals surface area contributed by atoms with Gasteiger partial charge in [-0.25, -0.2) is 0 Å². The first-order valence-electron chi connectivity index (χ1n) is 9.71. The zero-order chi connectivity index (χ0) is 19.2. The highest BCUT2D eigenvalue weighted by Gasteiger charge is 2.31. The van der Waals surface area contributed by atoms with Crippen molar-refractivity contribution in [2.45, 2.75) is 25.3 Å². The van der Waals surface area contributed by atoms with E-state index in [4.69, 9.17) is 4.74 Å². The van der Waals surface area contributed by atoms with Crippen LogP contribution in [0.4, 0.5) is 0 Å². The number of carbonyl (C=O) groups is 1. The molecule has 1 fully saturated rings. The van der Waals surface area contributed by atoms with Gasteiger partial charge < -0.3 is 9.64 Å². The number of piperidine rings is 1. The highest BCUT2D eigenvalue weighted by atomic mass is 16.5. The van der Waals surface area contributed by atoms with Crippen molar-refractivity contribution >= 4 is 5.91 Å². The number of amides is 1. The molecular weight excluding hydrogens is 336 g/mol. The van der Waals surface area contributed by atoms with Gasteiger partial charge in [0.15, 0.2) is 0 Å². The Morgan fingerprint density at radius 1 is 1.07 bits per heavy atom. The molecule has 0 N–H and O–H groups in total. The first-order chi connectivity index (χ1) is 13.1. The van der Waals surface area contributed by atoms with Crippen molar-refractivity contribution in [1.29, 1.82) is 0 Å². The topological polar surface area (TPSA) is 32.8 Å². The Morgan fingerprint density at radius 2 is 1.70 bits per heavy atom. The molecule has 144 valence electrons. The van der Waals surface area contributed by atoms with Gasteiger partial charge >= 0.3 is 0 Å². The van der Waals surface area contributed by atoms with Gasteiger partial charge in [0.05, 0.1) is 7.11 Å². The van der Waals surface area contributed by atoms with Crippen LogP contribution in [0.25, 0.3) is 0 Å². The van der Waals surface area contributed by atoms with Crippen molar-refractivity contribution in [3.8, 4) is 5.75 Å². The van der Waals surface area contributed by atoms with Gasteiger partial charge in [-0.3, -0.25) is 9.69 Å². The van der Waals surface area contributed by atoms with Crippen LogP contribution in [-0.2, 0) is 11.2 Å². The molecule has 1 unspecified atom stereocenters. The van der Waals surface area contributed by atoms with Crippen LogP contribution in [0, 0.1) is 5.92 Å². The van der Waals surface area contributed by atoms with Gasteiger partial charge in [-0.2, -0.15) is 0 Å². The fourth-order valence-corrected chi connectivity index (χ4v) is 3.90. The average molecular weight is 367 g/mol. The van der Waals surface area contributed by atoms with Gasteiger partial charge in [-0.1, -0.05) is 42.5 Å². The minimum absolute atomic E-state index is 0.162. The normalized spacial score (nSPS) is 16.7. The minimum Gasteiger partial charge on any atom is -0.497 e. The molecule has 0 radical (unpaired) electrons.